The SMILES string of the molecule is CC(C)(C)OC(=S)COCC(=O)O. The first-order chi connectivity index (χ1) is 5.81. The average Bonchev–Trinajstić information content (AvgIpc) is 1.81. The Labute approximate surface area is 82.8 Å². The molecule has 0 spiro atoms. The molecule has 0 aliphatic carbocycles. The molecule has 0 unspecified atom stereocenters. The normalized spacial score (nSPS) is 11.0. The summed E-state index contributed by atoms with van der Waals surface area (Å²) in [4.78, 5) is 10.1. The highest BCUT2D eigenvalue weighted by atomic mass is 32.1. The number of hydrogen-bond acceptors (Lipinski definition) is 4. The standard InChI is InChI=1S/C8H14O4S/c1-8(2,3)12-7(13)5-11-4-6(9)10/h4-5H2,1-3H3,(H,9,10). The number of aliphatic carboxylic acids is 1. The summed E-state index contributed by atoms with van der Waals surface area (Å²) in [6, 6.07) is 0. The van der Waals surface area contributed by atoms with E-state index in [-0.39, 0.29) is 23.9 Å². The van der Waals surface area contributed by atoms with E-state index >= 15 is 0 Å². The van der Waals surface area contributed by atoms with Crippen LogP contribution < -0.4 is 0 Å². The van der Waals surface area contributed by atoms with Gasteiger partial charge in [0.2, 0.25) is 0 Å². The summed E-state index contributed by atoms with van der Waals surface area (Å²) in [5.41, 5.74) is -0.357. The van der Waals surface area contributed by atoms with Crippen LogP contribution in [0.5, 0.6) is 0 Å². The van der Waals surface area contributed by atoms with E-state index in [2.05, 4.69) is 0 Å². The van der Waals surface area contributed by atoms with Gasteiger partial charge in [-0.2, -0.15) is 0 Å². The Balaban J connectivity index is 3.59. The van der Waals surface area contributed by atoms with Crippen LogP contribution in [-0.2, 0) is 14.3 Å². The molecule has 4 nitrogen and oxygen atoms in total. The molecule has 0 aliphatic heterocycles. The topological polar surface area (TPSA) is 55.8 Å². The van der Waals surface area contributed by atoms with Gasteiger partial charge in [-0.1, -0.05) is 0 Å². The third-order valence-corrected chi connectivity index (χ3v) is 1.07. The van der Waals surface area contributed by atoms with Gasteiger partial charge in [-0.25, -0.2) is 4.79 Å². The van der Waals surface area contributed by atoms with Gasteiger partial charge in [-0.3, -0.25) is 0 Å². The maximum absolute atomic E-state index is 10.1. The van der Waals surface area contributed by atoms with Crippen molar-refractivity contribution in [1.29, 1.82) is 0 Å². The molecule has 0 aromatic heterocycles. The highest BCUT2D eigenvalue weighted by Gasteiger charge is 2.13. The van der Waals surface area contributed by atoms with Crippen LogP contribution in [0.4, 0.5) is 0 Å². The molecule has 5 heteroatoms. The number of rotatable bonds is 4. The predicted octanol–water partition coefficient (Wildman–Crippen LogP) is 1.23. The Bertz CT molecular complexity index is 195. The van der Waals surface area contributed by atoms with Gasteiger partial charge in [0.1, 0.15) is 18.8 Å². The van der Waals surface area contributed by atoms with Crippen LogP contribution in [-0.4, -0.2) is 34.9 Å². The highest BCUT2D eigenvalue weighted by Crippen LogP contribution is 2.07. The monoisotopic (exact) mass is 206 g/mol. The fraction of sp³-hybridized carbons (Fsp3) is 0.750. The quantitative estimate of drug-likeness (QED) is 0.701. The minimum absolute atomic E-state index is 0.0406. The van der Waals surface area contributed by atoms with Gasteiger partial charge in [-0.05, 0) is 33.0 Å². The first-order valence-electron chi connectivity index (χ1n) is 3.82. The minimum Gasteiger partial charge on any atom is -0.480 e. The molecule has 0 radical (unpaired) electrons. The number of hydrogen-bond donors (Lipinski definition) is 1. The van der Waals surface area contributed by atoms with Crippen LogP contribution in [0.2, 0.25) is 0 Å². The number of carboxylic acid groups (broad SMARTS) is 1. The molecule has 0 amide bonds. The largest absolute Gasteiger partial charge is 0.480 e. The maximum Gasteiger partial charge on any atom is 0.329 e. The van der Waals surface area contributed by atoms with Crippen molar-refractivity contribution in [2.75, 3.05) is 13.2 Å². The van der Waals surface area contributed by atoms with Crippen LogP contribution in [0.25, 0.3) is 0 Å². The maximum atomic E-state index is 10.1. The van der Waals surface area contributed by atoms with E-state index in [1.807, 2.05) is 20.8 Å². The van der Waals surface area contributed by atoms with Crippen molar-refractivity contribution in [2.24, 2.45) is 0 Å². The molecule has 0 fully saturated rings. The molecule has 1 N–H and O–H groups in total. The number of thiocarbonyl (C=S) groups is 1. The van der Waals surface area contributed by atoms with Gasteiger partial charge in [-0.15, -0.1) is 0 Å². The Hall–Kier alpha value is -0.680. The summed E-state index contributed by atoms with van der Waals surface area (Å²) >= 11 is 4.81. The van der Waals surface area contributed by atoms with Crippen molar-refractivity contribution in [3.63, 3.8) is 0 Å². The lowest BCUT2D eigenvalue weighted by Gasteiger charge is -2.21. The van der Waals surface area contributed by atoms with Gasteiger partial charge in [0.15, 0.2) is 5.05 Å². The van der Waals surface area contributed by atoms with Crippen LogP contribution in [0.3, 0.4) is 0 Å². The van der Waals surface area contributed by atoms with Crippen LogP contribution >= 0.6 is 12.2 Å². The summed E-state index contributed by atoms with van der Waals surface area (Å²) in [6.07, 6.45) is 0. The van der Waals surface area contributed by atoms with E-state index in [1.54, 1.807) is 0 Å². The van der Waals surface area contributed by atoms with Crippen molar-refractivity contribution in [1.82, 2.24) is 0 Å². The summed E-state index contributed by atoms with van der Waals surface area (Å²) < 4.78 is 9.97. The Morgan fingerprint density at radius 2 is 1.92 bits per heavy atom. The third-order valence-electron chi connectivity index (χ3n) is 0.865. The molecule has 76 valence electrons. The van der Waals surface area contributed by atoms with Gasteiger partial charge in [0, 0.05) is 0 Å². The predicted molar refractivity (Wildman–Crippen MR) is 51.9 cm³/mol. The fourth-order valence-corrected chi connectivity index (χ4v) is 0.926. The lowest BCUT2D eigenvalue weighted by atomic mass is 10.2. The van der Waals surface area contributed by atoms with Gasteiger partial charge < -0.3 is 14.6 Å². The third kappa shape index (κ3) is 9.23. The molecular weight excluding hydrogens is 192 g/mol. The van der Waals surface area contributed by atoms with Crippen LogP contribution in [0.15, 0.2) is 0 Å². The highest BCUT2D eigenvalue weighted by molar-refractivity contribution is 7.80. The summed E-state index contributed by atoms with van der Waals surface area (Å²) in [5.74, 6) is -1.02. The van der Waals surface area contributed by atoms with E-state index < -0.39 is 5.97 Å². The molecule has 0 atom stereocenters. The summed E-state index contributed by atoms with van der Waals surface area (Å²) in [6.45, 7) is 5.26. The fourth-order valence-electron chi connectivity index (χ4n) is 0.593. The lowest BCUT2D eigenvalue weighted by Crippen LogP contribution is -2.26. The average molecular weight is 206 g/mol. The molecule has 0 aliphatic rings. The van der Waals surface area contributed by atoms with Crippen LogP contribution in [0, 0.1) is 0 Å². The molecule has 13 heavy (non-hydrogen) atoms. The zero-order chi connectivity index (χ0) is 10.5. The van der Waals surface area contributed by atoms with Gasteiger partial charge >= 0.3 is 5.97 Å². The van der Waals surface area contributed by atoms with Gasteiger partial charge in [0.25, 0.3) is 0 Å². The Morgan fingerprint density at radius 3 is 2.31 bits per heavy atom. The zero-order valence-electron chi connectivity index (χ0n) is 7.99. The van der Waals surface area contributed by atoms with Crippen molar-refractivity contribution in [2.45, 2.75) is 26.4 Å². The van der Waals surface area contributed by atoms with E-state index in [4.69, 9.17) is 26.8 Å². The summed E-state index contributed by atoms with van der Waals surface area (Å²) in [5, 5.41) is 8.52. The number of ether oxygens (including phenoxy) is 2. The first kappa shape index (κ1) is 12.3. The second-order valence-electron chi connectivity index (χ2n) is 3.47. The molecule has 0 heterocycles. The molecule has 0 aromatic carbocycles. The number of carbonyl (C=O) groups is 1. The number of carboxylic acids is 1. The van der Waals surface area contributed by atoms with E-state index in [0.717, 1.165) is 0 Å². The Morgan fingerprint density at radius 1 is 1.38 bits per heavy atom. The lowest BCUT2D eigenvalue weighted by molar-refractivity contribution is -0.141. The molecule has 0 saturated carbocycles. The van der Waals surface area contributed by atoms with Crippen LogP contribution in [0.1, 0.15) is 20.8 Å². The molecule has 0 saturated heterocycles. The van der Waals surface area contributed by atoms with E-state index in [1.165, 1.54) is 0 Å². The molecular formula is C8H14O4S. The van der Waals surface area contributed by atoms with Crippen molar-refractivity contribution in [3.05, 3.63) is 0 Å². The molecule has 0 rings (SSSR count). The van der Waals surface area contributed by atoms with Crippen molar-refractivity contribution in [3.8, 4) is 0 Å². The summed E-state index contributed by atoms with van der Waals surface area (Å²) in [7, 11) is 0. The van der Waals surface area contributed by atoms with Crippen molar-refractivity contribution >= 4 is 23.2 Å². The second kappa shape index (κ2) is 5.14. The molecule has 0 aromatic rings. The first-order valence-corrected chi connectivity index (χ1v) is 4.23. The minimum atomic E-state index is -1.02. The van der Waals surface area contributed by atoms with Gasteiger partial charge in [0.05, 0.1) is 0 Å². The Kier molecular flexibility index (Phi) is 4.87. The smallest absolute Gasteiger partial charge is 0.329 e. The van der Waals surface area contributed by atoms with Crippen molar-refractivity contribution < 1.29 is 19.4 Å². The zero-order valence-corrected chi connectivity index (χ0v) is 8.81. The molecule has 0 bridgehead atoms. The van der Waals surface area contributed by atoms with E-state index in [0.29, 0.717) is 0 Å². The second-order valence-corrected chi connectivity index (χ2v) is 3.93. The van der Waals surface area contributed by atoms with E-state index in [9.17, 15) is 4.79 Å².